The highest BCUT2D eigenvalue weighted by molar-refractivity contribution is 5.85. The summed E-state index contributed by atoms with van der Waals surface area (Å²) in [4.78, 5) is 13.1. The number of rotatable bonds is 4. The largest absolute Gasteiger partial charge is 0.481 e. The van der Waals surface area contributed by atoms with Crippen LogP contribution in [-0.4, -0.2) is 29.1 Å². The lowest BCUT2D eigenvalue weighted by Gasteiger charge is -2.36. The van der Waals surface area contributed by atoms with Gasteiger partial charge in [-0.25, -0.2) is 0 Å². The van der Waals surface area contributed by atoms with Crippen LogP contribution in [0.3, 0.4) is 0 Å². The molecule has 2 rings (SSSR count). The molecule has 1 N–H and O–H groups in total. The van der Waals surface area contributed by atoms with Crippen LogP contribution in [0.5, 0.6) is 0 Å². The molecule has 0 radical (unpaired) electrons. The minimum absolute atomic E-state index is 0. The average molecular weight is 298 g/mol. The van der Waals surface area contributed by atoms with Crippen LogP contribution < -0.4 is 0 Å². The molecule has 1 unspecified atom stereocenters. The average Bonchev–Trinajstić information content (AvgIpc) is 2.40. The van der Waals surface area contributed by atoms with Crippen molar-refractivity contribution < 1.29 is 9.90 Å². The van der Waals surface area contributed by atoms with Gasteiger partial charge in [-0.15, -0.1) is 12.4 Å². The van der Waals surface area contributed by atoms with Crippen LogP contribution >= 0.6 is 12.4 Å². The Morgan fingerprint density at radius 1 is 1.35 bits per heavy atom. The molecular weight excluding hydrogens is 274 g/mol. The third-order valence-corrected chi connectivity index (χ3v) is 4.23. The Morgan fingerprint density at radius 2 is 2.10 bits per heavy atom. The standard InChI is InChI=1S/C16H23NO2.ClH/c1-12-6-5-7-14(13(12)2)15-8-3-4-10-17(15)11-9-16(18)19;/h5-7,15H,3-4,8-11H2,1-2H3,(H,18,19);1H. The second-order valence-electron chi connectivity index (χ2n) is 5.48. The topological polar surface area (TPSA) is 40.5 Å². The van der Waals surface area contributed by atoms with Crippen molar-refractivity contribution in [1.82, 2.24) is 4.90 Å². The normalized spacial score (nSPS) is 19.4. The highest BCUT2D eigenvalue weighted by Gasteiger charge is 2.25. The maximum atomic E-state index is 10.8. The SMILES string of the molecule is Cc1cccc(C2CCCCN2CCC(=O)O)c1C.Cl. The van der Waals surface area contributed by atoms with Gasteiger partial charge in [-0.2, -0.15) is 0 Å². The lowest BCUT2D eigenvalue weighted by molar-refractivity contribution is -0.137. The van der Waals surface area contributed by atoms with Gasteiger partial charge in [0, 0.05) is 12.6 Å². The van der Waals surface area contributed by atoms with E-state index in [9.17, 15) is 4.79 Å². The zero-order valence-corrected chi connectivity index (χ0v) is 13.1. The molecule has 112 valence electrons. The van der Waals surface area contributed by atoms with Crippen molar-refractivity contribution in [2.24, 2.45) is 0 Å². The lowest BCUT2D eigenvalue weighted by atomic mass is 9.90. The molecule has 0 saturated carbocycles. The summed E-state index contributed by atoms with van der Waals surface area (Å²) < 4.78 is 0. The van der Waals surface area contributed by atoms with E-state index in [0.29, 0.717) is 12.6 Å². The maximum absolute atomic E-state index is 10.8. The molecule has 0 amide bonds. The van der Waals surface area contributed by atoms with Crippen molar-refractivity contribution in [2.75, 3.05) is 13.1 Å². The molecule has 1 heterocycles. The third kappa shape index (κ3) is 3.97. The Balaban J connectivity index is 0.00000200. The Morgan fingerprint density at radius 3 is 2.80 bits per heavy atom. The predicted molar refractivity (Wildman–Crippen MR) is 83.6 cm³/mol. The summed E-state index contributed by atoms with van der Waals surface area (Å²) in [5.74, 6) is -0.703. The Bertz CT molecular complexity index is 462. The number of piperidine rings is 1. The van der Waals surface area contributed by atoms with Crippen molar-refractivity contribution >= 4 is 18.4 Å². The van der Waals surface area contributed by atoms with Gasteiger partial charge >= 0.3 is 5.97 Å². The fraction of sp³-hybridized carbons (Fsp3) is 0.562. The van der Waals surface area contributed by atoms with Crippen molar-refractivity contribution in [1.29, 1.82) is 0 Å². The Hall–Kier alpha value is -1.06. The number of likely N-dealkylation sites (tertiary alicyclic amines) is 1. The van der Waals surface area contributed by atoms with Gasteiger partial charge in [-0.1, -0.05) is 24.6 Å². The first-order valence-corrected chi connectivity index (χ1v) is 7.11. The Kier molecular flexibility index (Phi) is 6.50. The lowest BCUT2D eigenvalue weighted by Crippen LogP contribution is -2.35. The second-order valence-corrected chi connectivity index (χ2v) is 5.48. The summed E-state index contributed by atoms with van der Waals surface area (Å²) in [6, 6.07) is 6.85. The van der Waals surface area contributed by atoms with E-state index in [1.165, 1.54) is 29.5 Å². The molecule has 1 fully saturated rings. The van der Waals surface area contributed by atoms with E-state index < -0.39 is 5.97 Å². The number of carboxylic acids is 1. The highest BCUT2D eigenvalue weighted by Crippen LogP contribution is 2.33. The first-order chi connectivity index (χ1) is 9.09. The molecule has 0 aliphatic carbocycles. The molecule has 0 spiro atoms. The Labute approximate surface area is 127 Å². The number of hydrogen-bond donors (Lipinski definition) is 1. The van der Waals surface area contributed by atoms with Gasteiger partial charge in [0.15, 0.2) is 0 Å². The van der Waals surface area contributed by atoms with Gasteiger partial charge < -0.3 is 5.11 Å². The van der Waals surface area contributed by atoms with E-state index >= 15 is 0 Å². The summed E-state index contributed by atoms with van der Waals surface area (Å²) in [5.41, 5.74) is 4.06. The molecule has 1 aliphatic rings. The van der Waals surface area contributed by atoms with Crippen molar-refractivity contribution in [2.45, 2.75) is 45.6 Å². The van der Waals surface area contributed by atoms with Gasteiger partial charge in [0.25, 0.3) is 0 Å². The first kappa shape index (κ1) is 17.0. The van der Waals surface area contributed by atoms with E-state index in [1.807, 2.05) is 0 Å². The van der Waals surface area contributed by atoms with Crippen LogP contribution in [0, 0.1) is 13.8 Å². The fourth-order valence-electron chi connectivity index (χ4n) is 2.98. The molecule has 0 bridgehead atoms. The number of carbonyl (C=O) groups is 1. The van der Waals surface area contributed by atoms with Crippen molar-refractivity contribution in [3.63, 3.8) is 0 Å². The highest BCUT2D eigenvalue weighted by atomic mass is 35.5. The van der Waals surface area contributed by atoms with Gasteiger partial charge in [0.1, 0.15) is 0 Å². The third-order valence-electron chi connectivity index (χ3n) is 4.23. The molecule has 1 aromatic carbocycles. The van der Waals surface area contributed by atoms with E-state index in [2.05, 4.69) is 36.9 Å². The molecule has 20 heavy (non-hydrogen) atoms. The second kappa shape index (κ2) is 7.65. The molecule has 1 aromatic rings. The first-order valence-electron chi connectivity index (χ1n) is 7.11. The van der Waals surface area contributed by atoms with Crippen LogP contribution in [0.15, 0.2) is 18.2 Å². The number of aryl methyl sites for hydroxylation is 1. The zero-order valence-electron chi connectivity index (χ0n) is 12.3. The molecule has 0 aromatic heterocycles. The van der Waals surface area contributed by atoms with E-state index in [-0.39, 0.29) is 18.8 Å². The number of aliphatic carboxylic acids is 1. The van der Waals surface area contributed by atoms with E-state index in [0.717, 1.165) is 13.0 Å². The van der Waals surface area contributed by atoms with Gasteiger partial charge in [0.2, 0.25) is 0 Å². The van der Waals surface area contributed by atoms with Crippen molar-refractivity contribution in [3.05, 3.63) is 34.9 Å². The monoisotopic (exact) mass is 297 g/mol. The number of benzene rings is 1. The molecular formula is C16H24ClNO2. The van der Waals surface area contributed by atoms with Crippen LogP contribution in [0.2, 0.25) is 0 Å². The zero-order chi connectivity index (χ0) is 13.8. The van der Waals surface area contributed by atoms with Gasteiger partial charge in [0.05, 0.1) is 6.42 Å². The number of halogens is 1. The predicted octanol–water partition coefficient (Wildman–Crippen LogP) is 3.73. The van der Waals surface area contributed by atoms with Gasteiger partial charge in [-0.3, -0.25) is 9.69 Å². The van der Waals surface area contributed by atoms with Crippen LogP contribution in [0.4, 0.5) is 0 Å². The minimum Gasteiger partial charge on any atom is -0.481 e. The van der Waals surface area contributed by atoms with Crippen molar-refractivity contribution in [3.8, 4) is 0 Å². The van der Waals surface area contributed by atoms with Gasteiger partial charge in [-0.05, 0) is 49.9 Å². The molecule has 3 nitrogen and oxygen atoms in total. The quantitative estimate of drug-likeness (QED) is 0.920. The molecule has 4 heteroatoms. The summed E-state index contributed by atoms with van der Waals surface area (Å²) >= 11 is 0. The summed E-state index contributed by atoms with van der Waals surface area (Å²) in [6.45, 7) is 6.00. The minimum atomic E-state index is -0.703. The van der Waals surface area contributed by atoms with E-state index in [1.54, 1.807) is 0 Å². The molecule has 1 atom stereocenters. The molecule has 1 aliphatic heterocycles. The smallest absolute Gasteiger partial charge is 0.304 e. The maximum Gasteiger partial charge on any atom is 0.304 e. The number of carboxylic acid groups (broad SMARTS) is 1. The summed E-state index contributed by atoms with van der Waals surface area (Å²) in [7, 11) is 0. The van der Waals surface area contributed by atoms with Crippen LogP contribution in [0.1, 0.15) is 48.4 Å². The van der Waals surface area contributed by atoms with Crippen LogP contribution in [0.25, 0.3) is 0 Å². The fourth-order valence-corrected chi connectivity index (χ4v) is 2.98. The van der Waals surface area contributed by atoms with E-state index in [4.69, 9.17) is 5.11 Å². The number of hydrogen-bond acceptors (Lipinski definition) is 2. The summed E-state index contributed by atoms with van der Waals surface area (Å²) in [6.07, 6.45) is 3.80. The number of nitrogens with zero attached hydrogens (tertiary/aromatic N) is 1. The molecule has 1 saturated heterocycles. The summed E-state index contributed by atoms with van der Waals surface area (Å²) in [5, 5.41) is 8.87. The van der Waals surface area contributed by atoms with Crippen LogP contribution in [-0.2, 0) is 4.79 Å².